The van der Waals surface area contributed by atoms with Gasteiger partial charge in [-0.25, -0.2) is 21.9 Å². The number of benzene rings is 2. The van der Waals surface area contributed by atoms with Crippen molar-refractivity contribution in [2.24, 2.45) is 0 Å². The number of aliphatic hydroxyl groups is 1. The second-order valence-corrected chi connectivity index (χ2v) is 12.3. The van der Waals surface area contributed by atoms with Crippen molar-refractivity contribution >= 4 is 39.1 Å². The number of rotatable bonds is 9. The first kappa shape index (κ1) is 28.2. The quantitative estimate of drug-likeness (QED) is 0.449. The van der Waals surface area contributed by atoms with Gasteiger partial charge in [0.1, 0.15) is 17.7 Å². The van der Waals surface area contributed by atoms with Crippen LogP contribution in [0.3, 0.4) is 0 Å². The second-order valence-electron chi connectivity index (χ2n) is 9.74. The predicted octanol–water partition coefficient (Wildman–Crippen LogP) is 4.71. The van der Waals surface area contributed by atoms with E-state index in [2.05, 4.69) is 0 Å². The summed E-state index contributed by atoms with van der Waals surface area (Å²) >= 11 is 12.0. The molecule has 1 saturated carbocycles. The molecule has 37 heavy (non-hydrogen) atoms. The predicted molar refractivity (Wildman–Crippen MR) is 136 cm³/mol. The zero-order chi connectivity index (χ0) is 27.0. The van der Waals surface area contributed by atoms with Crippen molar-refractivity contribution in [3.8, 4) is 0 Å². The third kappa shape index (κ3) is 7.19. The average Bonchev–Trinajstić information content (AvgIpc) is 3.65. The van der Waals surface area contributed by atoms with Crippen LogP contribution >= 0.6 is 23.2 Å². The van der Waals surface area contributed by atoms with E-state index in [9.17, 15) is 22.7 Å². The zero-order valence-corrected chi connectivity index (χ0v) is 22.5. The standard InChI is InChI=1S/C25H28Cl2F2N2O5S/c1-37(34,35)30-23(32)19-12-18(15-2-3-15)17(11-22(19)28)13-36-14-25(29)6-8-31(9-7-25)24(33)16-4-5-20(26)21(27)10-16/h4-5,10-12,15,24,33H,2-3,6-9,13-14H2,1H3,(H,30,32). The van der Waals surface area contributed by atoms with E-state index in [1.807, 2.05) is 0 Å². The van der Waals surface area contributed by atoms with Gasteiger partial charge in [-0.05, 0) is 72.6 Å². The molecule has 0 aromatic heterocycles. The van der Waals surface area contributed by atoms with Crippen molar-refractivity contribution in [1.82, 2.24) is 9.62 Å². The number of sulfonamides is 1. The second kappa shape index (κ2) is 11.1. The van der Waals surface area contributed by atoms with Crippen LogP contribution in [0.1, 0.15) is 64.9 Å². The monoisotopic (exact) mass is 576 g/mol. The topological polar surface area (TPSA) is 95.9 Å². The average molecular weight is 577 g/mol. The van der Waals surface area contributed by atoms with E-state index in [1.54, 1.807) is 27.8 Å². The van der Waals surface area contributed by atoms with Gasteiger partial charge in [-0.1, -0.05) is 29.3 Å². The third-order valence-electron chi connectivity index (χ3n) is 6.67. The first-order chi connectivity index (χ1) is 17.3. The highest BCUT2D eigenvalue weighted by molar-refractivity contribution is 7.89. The van der Waals surface area contributed by atoms with E-state index in [-0.39, 0.29) is 37.5 Å². The minimum absolute atomic E-state index is 0.0436. The highest BCUT2D eigenvalue weighted by Gasteiger charge is 2.37. The molecule has 0 spiro atoms. The molecule has 2 aromatic carbocycles. The fourth-order valence-corrected chi connectivity index (χ4v) is 5.22. The largest absolute Gasteiger partial charge is 0.374 e. The van der Waals surface area contributed by atoms with Crippen LogP contribution in [0, 0.1) is 5.82 Å². The van der Waals surface area contributed by atoms with Crippen LogP contribution in [0.25, 0.3) is 0 Å². The number of carbonyl (C=O) groups is 1. The van der Waals surface area contributed by atoms with Gasteiger partial charge < -0.3 is 9.84 Å². The third-order valence-corrected chi connectivity index (χ3v) is 7.96. The fraction of sp³-hybridized carbons (Fsp3) is 0.480. The lowest BCUT2D eigenvalue weighted by Gasteiger charge is -2.38. The maximum Gasteiger partial charge on any atom is 0.267 e. The van der Waals surface area contributed by atoms with Crippen molar-refractivity contribution in [1.29, 1.82) is 0 Å². The molecular weight excluding hydrogens is 549 g/mol. The number of carbonyl (C=O) groups excluding carboxylic acids is 1. The number of likely N-dealkylation sites (tertiary alicyclic amines) is 1. The van der Waals surface area contributed by atoms with Crippen LogP contribution in [0.5, 0.6) is 0 Å². The summed E-state index contributed by atoms with van der Waals surface area (Å²) in [5.41, 5.74) is -0.188. The van der Waals surface area contributed by atoms with Crippen LogP contribution in [0.15, 0.2) is 30.3 Å². The van der Waals surface area contributed by atoms with Gasteiger partial charge in [-0.3, -0.25) is 9.69 Å². The number of alkyl halides is 1. The SMILES string of the molecule is CS(=O)(=O)NC(=O)c1cc(C2CC2)c(COCC2(F)CCN(C(O)c3ccc(Cl)c(Cl)c3)CC2)cc1F. The van der Waals surface area contributed by atoms with Crippen molar-refractivity contribution in [3.05, 3.63) is 68.4 Å². The molecule has 2 N–H and O–H groups in total. The molecule has 12 heteroatoms. The van der Waals surface area contributed by atoms with Crippen LogP contribution in [-0.4, -0.2) is 56.0 Å². The normalized spacial score (nSPS) is 19.0. The van der Waals surface area contributed by atoms with E-state index >= 15 is 4.39 Å². The lowest BCUT2D eigenvalue weighted by molar-refractivity contribution is -0.0736. The van der Waals surface area contributed by atoms with Gasteiger partial charge in [0, 0.05) is 13.1 Å². The summed E-state index contributed by atoms with van der Waals surface area (Å²) in [6, 6.07) is 7.38. The van der Waals surface area contributed by atoms with Crippen LogP contribution < -0.4 is 4.72 Å². The van der Waals surface area contributed by atoms with Crippen molar-refractivity contribution in [2.75, 3.05) is 26.0 Å². The Morgan fingerprint density at radius 2 is 1.89 bits per heavy atom. The smallest absolute Gasteiger partial charge is 0.267 e. The first-order valence-electron chi connectivity index (χ1n) is 11.8. The number of amides is 1. The summed E-state index contributed by atoms with van der Waals surface area (Å²) < 4.78 is 60.3. The Bertz CT molecular complexity index is 1280. The van der Waals surface area contributed by atoms with Gasteiger partial charge in [0.2, 0.25) is 10.0 Å². The summed E-state index contributed by atoms with van der Waals surface area (Å²) in [7, 11) is -3.84. The van der Waals surface area contributed by atoms with Gasteiger partial charge in [0.05, 0.1) is 35.1 Å². The van der Waals surface area contributed by atoms with Crippen LogP contribution in [0.2, 0.25) is 10.0 Å². The van der Waals surface area contributed by atoms with E-state index < -0.39 is 33.6 Å². The molecule has 1 heterocycles. The van der Waals surface area contributed by atoms with Crippen LogP contribution in [-0.2, 0) is 21.4 Å². The Labute approximate surface area is 224 Å². The minimum Gasteiger partial charge on any atom is -0.374 e. The Morgan fingerprint density at radius 3 is 2.49 bits per heavy atom. The highest BCUT2D eigenvalue weighted by Crippen LogP contribution is 2.43. The Kier molecular flexibility index (Phi) is 8.47. The molecule has 0 bridgehead atoms. The number of ether oxygens (including phenoxy) is 1. The lowest BCUT2D eigenvalue weighted by atomic mass is 9.93. The Hall–Kier alpha value is -1.82. The van der Waals surface area contributed by atoms with Crippen molar-refractivity contribution in [2.45, 2.75) is 50.1 Å². The molecule has 2 aromatic rings. The van der Waals surface area contributed by atoms with Crippen molar-refractivity contribution in [3.63, 3.8) is 0 Å². The molecule has 4 rings (SSSR count). The number of nitrogens with one attached hydrogen (secondary N) is 1. The summed E-state index contributed by atoms with van der Waals surface area (Å²) in [5, 5.41) is 11.4. The molecule has 2 aliphatic rings. The number of hydrogen-bond acceptors (Lipinski definition) is 6. The van der Waals surface area contributed by atoms with E-state index in [0.717, 1.165) is 25.2 Å². The highest BCUT2D eigenvalue weighted by atomic mass is 35.5. The summed E-state index contributed by atoms with van der Waals surface area (Å²) in [6.07, 6.45) is 1.87. The Morgan fingerprint density at radius 1 is 1.22 bits per heavy atom. The fourth-order valence-electron chi connectivity index (χ4n) is 4.47. The van der Waals surface area contributed by atoms with Crippen molar-refractivity contribution < 1.29 is 31.8 Å². The molecular formula is C25H28Cl2F2N2O5S. The maximum atomic E-state index is 15.5. The van der Waals surface area contributed by atoms with E-state index in [4.69, 9.17) is 27.9 Å². The molecule has 202 valence electrons. The zero-order valence-electron chi connectivity index (χ0n) is 20.1. The summed E-state index contributed by atoms with van der Waals surface area (Å²) in [5.74, 6) is -1.79. The number of nitrogens with zero attached hydrogens (tertiary/aromatic N) is 1. The number of piperidine rings is 1. The van der Waals surface area contributed by atoms with Gasteiger partial charge in [-0.2, -0.15) is 0 Å². The molecule has 1 aliphatic carbocycles. The molecule has 1 saturated heterocycles. The summed E-state index contributed by atoms with van der Waals surface area (Å²) in [4.78, 5) is 13.9. The summed E-state index contributed by atoms with van der Waals surface area (Å²) in [6.45, 7) is 0.352. The van der Waals surface area contributed by atoms with E-state index in [0.29, 0.717) is 39.8 Å². The first-order valence-corrected chi connectivity index (χ1v) is 14.5. The molecule has 1 atom stereocenters. The Balaban J connectivity index is 1.35. The maximum absolute atomic E-state index is 15.5. The molecule has 0 radical (unpaired) electrons. The van der Waals surface area contributed by atoms with Gasteiger partial charge >= 0.3 is 0 Å². The minimum atomic E-state index is -3.84. The van der Waals surface area contributed by atoms with Gasteiger partial charge in [0.15, 0.2) is 0 Å². The van der Waals surface area contributed by atoms with Gasteiger partial charge in [-0.15, -0.1) is 0 Å². The molecule has 1 unspecified atom stereocenters. The molecule has 1 aliphatic heterocycles. The lowest BCUT2D eigenvalue weighted by Crippen LogP contribution is -2.45. The molecule has 2 fully saturated rings. The number of hydrogen-bond donors (Lipinski definition) is 2. The number of halogens is 4. The molecule has 1 amide bonds. The van der Waals surface area contributed by atoms with Crippen LogP contribution in [0.4, 0.5) is 8.78 Å². The number of aliphatic hydroxyl groups excluding tert-OH is 1. The molecule has 7 nitrogen and oxygen atoms in total. The van der Waals surface area contributed by atoms with Gasteiger partial charge in [0.25, 0.3) is 5.91 Å². The van der Waals surface area contributed by atoms with E-state index in [1.165, 1.54) is 6.07 Å².